The fraction of sp³-hybridized carbons (Fsp3) is 0.133. The normalized spacial score (nSPS) is 14.6. The number of nitrogens with zero attached hydrogens (tertiary/aromatic N) is 2. The quantitative estimate of drug-likeness (QED) is 0.0525. The Morgan fingerprint density at radius 2 is 1.13 bits per heavy atom. The first kappa shape index (κ1) is 34.0. The molecule has 7 rings (SSSR count). The summed E-state index contributed by atoms with van der Waals surface area (Å²) in [6.07, 6.45) is -1.45. The minimum Gasteiger partial charge on any atom is -0.490 e. The van der Waals surface area contributed by atoms with Gasteiger partial charge in [0, 0.05) is 6.42 Å². The van der Waals surface area contributed by atoms with E-state index in [0.717, 1.165) is 39.1 Å². The van der Waals surface area contributed by atoms with E-state index in [4.69, 9.17) is 14.3 Å². The van der Waals surface area contributed by atoms with Gasteiger partial charge in [0.15, 0.2) is 12.7 Å². The van der Waals surface area contributed by atoms with Crippen LogP contribution in [-0.2, 0) is 26.3 Å². The first-order valence-corrected chi connectivity index (χ1v) is 17.3. The maximum absolute atomic E-state index is 14.3. The molecule has 0 spiro atoms. The van der Waals surface area contributed by atoms with E-state index in [9.17, 15) is 9.59 Å². The van der Waals surface area contributed by atoms with E-state index in [1.165, 1.54) is 10.5 Å². The van der Waals surface area contributed by atoms with E-state index in [0.29, 0.717) is 12.4 Å². The molecule has 0 aromatic heterocycles. The lowest BCUT2D eigenvalue weighted by Gasteiger charge is -2.40. The summed E-state index contributed by atoms with van der Waals surface area (Å²) in [5, 5.41) is 4.25. The van der Waals surface area contributed by atoms with Gasteiger partial charge >= 0.3 is 6.09 Å². The second-order valence-electron chi connectivity index (χ2n) is 12.5. The lowest BCUT2D eigenvalue weighted by molar-refractivity contribution is -0.132. The average Bonchev–Trinajstić information content (AvgIpc) is 3.48. The summed E-state index contributed by atoms with van der Waals surface area (Å²) in [6, 6.07) is 54.7. The van der Waals surface area contributed by atoms with Crippen molar-refractivity contribution in [1.29, 1.82) is 0 Å². The molecule has 0 aliphatic carbocycles. The molecule has 52 heavy (non-hydrogen) atoms. The Balaban J connectivity index is 0.992. The highest BCUT2D eigenvalue weighted by molar-refractivity contribution is 6.02. The molecule has 1 aliphatic rings. The SMILES string of the molecule is CC(=NOCCOc1ccc(CC2OC(=O)N(C(c3ccccc3)(c3ccccc3)c3ccccc3)C2=O)cc1)c1ccc(-c2ccccc2)cc1. The number of amides is 2. The van der Waals surface area contributed by atoms with Crippen LogP contribution in [0.5, 0.6) is 5.75 Å². The van der Waals surface area contributed by atoms with Crippen LogP contribution < -0.4 is 4.74 Å². The number of rotatable bonds is 13. The molecule has 0 radical (unpaired) electrons. The van der Waals surface area contributed by atoms with Gasteiger partial charge in [-0.05, 0) is 58.0 Å². The van der Waals surface area contributed by atoms with Crippen LogP contribution in [0.3, 0.4) is 0 Å². The Morgan fingerprint density at radius 1 is 0.635 bits per heavy atom. The smallest absolute Gasteiger partial charge is 0.418 e. The van der Waals surface area contributed by atoms with Gasteiger partial charge in [0.25, 0.3) is 5.91 Å². The zero-order valence-electron chi connectivity index (χ0n) is 28.8. The lowest BCUT2D eigenvalue weighted by Crippen LogP contribution is -2.51. The second kappa shape index (κ2) is 15.6. The Hall–Kier alpha value is -6.47. The van der Waals surface area contributed by atoms with Crippen LogP contribution >= 0.6 is 0 Å². The highest BCUT2D eigenvalue weighted by atomic mass is 16.6. The van der Waals surface area contributed by atoms with Gasteiger partial charge in [0.2, 0.25) is 0 Å². The highest BCUT2D eigenvalue weighted by Crippen LogP contribution is 2.45. The minimum absolute atomic E-state index is 0.221. The molecule has 6 aromatic carbocycles. The number of oxime groups is 1. The predicted molar refractivity (Wildman–Crippen MR) is 202 cm³/mol. The van der Waals surface area contributed by atoms with Gasteiger partial charge in [-0.15, -0.1) is 0 Å². The van der Waals surface area contributed by atoms with Crippen LogP contribution in [0.15, 0.2) is 175 Å². The van der Waals surface area contributed by atoms with Crippen molar-refractivity contribution in [1.82, 2.24) is 4.90 Å². The second-order valence-corrected chi connectivity index (χ2v) is 12.5. The van der Waals surface area contributed by atoms with Crippen molar-refractivity contribution in [3.8, 4) is 16.9 Å². The monoisotopic (exact) mass is 686 g/mol. The average molecular weight is 687 g/mol. The van der Waals surface area contributed by atoms with Crippen molar-refractivity contribution in [3.05, 3.63) is 198 Å². The largest absolute Gasteiger partial charge is 0.490 e. The van der Waals surface area contributed by atoms with E-state index < -0.39 is 23.6 Å². The van der Waals surface area contributed by atoms with Crippen molar-refractivity contribution in [2.24, 2.45) is 5.16 Å². The number of ether oxygens (including phenoxy) is 2. The zero-order chi connectivity index (χ0) is 35.8. The van der Waals surface area contributed by atoms with Crippen LogP contribution in [0.25, 0.3) is 11.1 Å². The molecule has 1 unspecified atom stereocenters. The number of hydrogen-bond donors (Lipinski definition) is 0. The van der Waals surface area contributed by atoms with E-state index in [2.05, 4.69) is 29.4 Å². The number of carbonyl (C=O) groups excluding carboxylic acids is 2. The fourth-order valence-corrected chi connectivity index (χ4v) is 6.68. The van der Waals surface area contributed by atoms with Crippen LogP contribution in [0.4, 0.5) is 4.79 Å². The molecule has 2 amide bonds. The predicted octanol–water partition coefficient (Wildman–Crippen LogP) is 9.06. The Morgan fingerprint density at radius 3 is 1.67 bits per heavy atom. The summed E-state index contributed by atoms with van der Waals surface area (Å²) < 4.78 is 11.7. The topological polar surface area (TPSA) is 77.4 Å². The van der Waals surface area contributed by atoms with Crippen LogP contribution in [-0.4, -0.2) is 41.9 Å². The molecule has 1 saturated heterocycles. The Bertz CT molecular complexity index is 2020. The number of carbonyl (C=O) groups is 2. The maximum Gasteiger partial charge on any atom is 0.418 e. The number of imide groups is 1. The third-order valence-electron chi connectivity index (χ3n) is 9.23. The van der Waals surface area contributed by atoms with E-state index in [1.807, 2.05) is 153 Å². The Labute approximate surface area is 303 Å². The van der Waals surface area contributed by atoms with Crippen molar-refractivity contribution in [3.63, 3.8) is 0 Å². The third kappa shape index (κ3) is 7.07. The molecule has 1 fully saturated rings. The summed E-state index contributed by atoms with van der Waals surface area (Å²) in [4.78, 5) is 34.9. The first-order valence-electron chi connectivity index (χ1n) is 17.3. The summed E-state index contributed by atoms with van der Waals surface area (Å²) in [5.41, 5.74) is 6.01. The molecule has 258 valence electrons. The van der Waals surface area contributed by atoms with Crippen molar-refractivity contribution in [2.75, 3.05) is 13.2 Å². The fourth-order valence-electron chi connectivity index (χ4n) is 6.68. The van der Waals surface area contributed by atoms with Gasteiger partial charge in [0.05, 0.1) is 5.71 Å². The summed E-state index contributed by atoms with van der Waals surface area (Å²) in [7, 11) is 0. The molecular weight excluding hydrogens is 649 g/mol. The standard InChI is InChI=1S/C45H38N2O5/c1-33(35-24-26-37(27-25-35)36-14-6-2-7-15-36)46-51-31-30-50-41-28-22-34(23-29-41)32-42-43(48)47(44(49)52-42)45(38-16-8-3-9-17-38,39-18-10-4-11-19-39)40-20-12-5-13-21-40/h2-29,42H,30-32H2,1H3. The summed E-state index contributed by atoms with van der Waals surface area (Å²) >= 11 is 0. The molecule has 6 aromatic rings. The molecule has 0 saturated carbocycles. The van der Waals surface area contributed by atoms with E-state index >= 15 is 0 Å². The summed E-state index contributed by atoms with van der Waals surface area (Å²) in [6.45, 7) is 2.49. The van der Waals surface area contributed by atoms with Gasteiger partial charge < -0.3 is 14.3 Å². The van der Waals surface area contributed by atoms with Gasteiger partial charge in [0.1, 0.15) is 17.9 Å². The molecule has 7 nitrogen and oxygen atoms in total. The maximum atomic E-state index is 14.3. The lowest BCUT2D eigenvalue weighted by atomic mass is 9.75. The zero-order valence-corrected chi connectivity index (χ0v) is 28.8. The van der Waals surface area contributed by atoms with Gasteiger partial charge in [-0.25, -0.2) is 9.69 Å². The van der Waals surface area contributed by atoms with Gasteiger partial charge in [-0.2, -0.15) is 0 Å². The number of cyclic esters (lactones) is 1. The van der Waals surface area contributed by atoms with E-state index in [1.54, 1.807) is 0 Å². The molecule has 7 heteroatoms. The van der Waals surface area contributed by atoms with Gasteiger partial charge in [-0.3, -0.25) is 4.79 Å². The van der Waals surface area contributed by atoms with Gasteiger partial charge in [-0.1, -0.05) is 163 Å². The molecule has 0 bridgehead atoms. The van der Waals surface area contributed by atoms with Crippen LogP contribution in [0.1, 0.15) is 34.7 Å². The number of benzene rings is 6. The molecule has 1 heterocycles. The van der Waals surface area contributed by atoms with Crippen molar-refractivity contribution >= 4 is 17.7 Å². The highest BCUT2D eigenvalue weighted by Gasteiger charge is 2.55. The molecule has 0 N–H and O–H groups in total. The first-order chi connectivity index (χ1) is 25.5. The molecular formula is C45H38N2O5. The minimum atomic E-state index is -1.23. The Kier molecular flexibility index (Phi) is 10.2. The molecule has 1 atom stereocenters. The third-order valence-corrected chi connectivity index (χ3v) is 9.23. The van der Waals surface area contributed by atoms with E-state index in [-0.39, 0.29) is 13.0 Å². The van der Waals surface area contributed by atoms with Crippen LogP contribution in [0.2, 0.25) is 0 Å². The van der Waals surface area contributed by atoms with Crippen molar-refractivity contribution < 1.29 is 23.9 Å². The van der Waals surface area contributed by atoms with Crippen molar-refractivity contribution in [2.45, 2.75) is 25.0 Å². The summed E-state index contributed by atoms with van der Waals surface area (Å²) in [5.74, 6) is 0.249. The van der Waals surface area contributed by atoms with Crippen LogP contribution in [0, 0.1) is 0 Å². The molecule has 1 aliphatic heterocycles. The number of hydrogen-bond acceptors (Lipinski definition) is 6.